The van der Waals surface area contributed by atoms with E-state index in [0.717, 1.165) is 0 Å². The molecule has 0 aromatic carbocycles. The predicted octanol–water partition coefficient (Wildman–Crippen LogP) is 0.697. The van der Waals surface area contributed by atoms with Crippen LogP contribution >= 0.6 is 0 Å². The number of nitrogens with one attached hydrogen (secondary N) is 1. The molecule has 0 saturated carbocycles. The van der Waals surface area contributed by atoms with Crippen molar-refractivity contribution in [3.63, 3.8) is 0 Å². The van der Waals surface area contributed by atoms with Crippen LogP contribution in [0.5, 0.6) is 0 Å². The SMILES string of the molecule is C[C@@H]1C=C[C@H](C)C(=O)N1. The summed E-state index contributed by atoms with van der Waals surface area (Å²) in [4.78, 5) is 10.8. The molecule has 9 heavy (non-hydrogen) atoms. The Morgan fingerprint density at radius 2 is 2.11 bits per heavy atom. The van der Waals surface area contributed by atoms with Gasteiger partial charge in [-0.3, -0.25) is 4.79 Å². The van der Waals surface area contributed by atoms with Crippen molar-refractivity contribution in [1.82, 2.24) is 5.32 Å². The van der Waals surface area contributed by atoms with Crippen LogP contribution in [0.4, 0.5) is 0 Å². The van der Waals surface area contributed by atoms with Crippen LogP contribution < -0.4 is 5.32 Å². The first-order valence-electron chi connectivity index (χ1n) is 3.19. The molecule has 0 bridgehead atoms. The number of hydrogen-bond acceptors (Lipinski definition) is 1. The van der Waals surface area contributed by atoms with E-state index in [9.17, 15) is 4.79 Å². The Kier molecular flexibility index (Phi) is 1.56. The van der Waals surface area contributed by atoms with Crippen molar-refractivity contribution in [2.24, 2.45) is 5.92 Å². The van der Waals surface area contributed by atoms with Crippen molar-refractivity contribution < 1.29 is 4.79 Å². The Hall–Kier alpha value is -0.790. The van der Waals surface area contributed by atoms with Crippen LogP contribution in [0.15, 0.2) is 12.2 Å². The Labute approximate surface area is 54.9 Å². The summed E-state index contributed by atoms with van der Waals surface area (Å²) in [5.41, 5.74) is 0. The van der Waals surface area contributed by atoms with Crippen molar-refractivity contribution in [3.05, 3.63) is 12.2 Å². The molecular weight excluding hydrogens is 114 g/mol. The second-order valence-electron chi connectivity index (χ2n) is 2.47. The number of rotatable bonds is 0. The zero-order valence-electron chi connectivity index (χ0n) is 5.72. The molecule has 2 heteroatoms. The number of hydrogen-bond donors (Lipinski definition) is 1. The molecule has 1 rings (SSSR count). The highest BCUT2D eigenvalue weighted by Gasteiger charge is 2.15. The van der Waals surface area contributed by atoms with Gasteiger partial charge in [-0.25, -0.2) is 0 Å². The molecule has 0 radical (unpaired) electrons. The molecule has 0 spiro atoms. The molecule has 1 heterocycles. The van der Waals surface area contributed by atoms with Gasteiger partial charge in [-0.2, -0.15) is 0 Å². The topological polar surface area (TPSA) is 29.1 Å². The van der Waals surface area contributed by atoms with Crippen molar-refractivity contribution in [1.29, 1.82) is 0 Å². The highest BCUT2D eigenvalue weighted by atomic mass is 16.1. The fourth-order valence-electron chi connectivity index (χ4n) is 0.825. The van der Waals surface area contributed by atoms with Gasteiger partial charge in [-0.1, -0.05) is 19.1 Å². The van der Waals surface area contributed by atoms with E-state index in [1.54, 1.807) is 0 Å². The third-order valence-electron chi connectivity index (χ3n) is 1.47. The highest BCUT2D eigenvalue weighted by molar-refractivity contribution is 5.81. The molecular formula is C7H11NO. The van der Waals surface area contributed by atoms with Gasteiger partial charge < -0.3 is 5.32 Å². The van der Waals surface area contributed by atoms with E-state index in [4.69, 9.17) is 0 Å². The second kappa shape index (κ2) is 2.21. The van der Waals surface area contributed by atoms with Crippen LogP contribution in [0.1, 0.15) is 13.8 Å². The summed E-state index contributed by atoms with van der Waals surface area (Å²) in [5, 5.41) is 2.80. The minimum atomic E-state index is 0.0567. The van der Waals surface area contributed by atoms with Gasteiger partial charge in [0.1, 0.15) is 0 Å². The third kappa shape index (κ3) is 1.31. The van der Waals surface area contributed by atoms with Crippen LogP contribution in [-0.2, 0) is 4.79 Å². The summed E-state index contributed by atoms with van der Waals surface area (Å²) in [5.74, 6) is 0.186. The molecule has 0 aromatic heterocycles. The summed E-state index contributed by atoms with van der Waals surface area (Å²) >= 11 is 0. The van der Waals surface area contributed by atoms with E-state index < -0.39 is 0 Å². The Morgan fingerprint density at radius 3 is 2.56 bits per heavy atom. The number of amides is 1. The van der Waals surface area contributed by atoms with Gasteiger partial charge in [0.2, 0.25) is 5.91 Å². The van der Waals surface area contributed by atoms with Gasteiger partial charge in [0.05, 0.1) is 5.92 Å². The van der Waals surface area contributed by atoms with Crippen LogP contribution in [0.25, 0.3) is 0 Å². The van der Waals surface area contributed by atoms with E-state index in [-0.39, 0.29) is 17.9 Å². The molecule has 50 valence electrons. The molecule has 0 fully saturated rings. The smallest absolute Gasteiger partial charge is 0.227 e. The summed E-state index contributed by atoms with van der Waals surface area (Å²) < 4.78 is 0. The molecule has 2 nitrogen and oxygen atoms in total. The Balaban J connectivity index is 2.65. The second-order valence-corrected chi connectivity index (χ2v) is 2.47. The maximum Gasteiger partial charge on any atom is 0.227 e. The molecule has 1 amide bonds. The Bertz CT molecular complexity index is 151. The number of carbonyl (C=O) groups excluding carboxylic acids is 1. The molecule has 0 saturated heterocycles. The highest BCUT2D eigenvalue weighted by Crippen LogP contribution is 2.04. The van der Waals surface area contributed by atoms with E-state index in [0.29, 0.717) is 0 Å². The van der Waals surface area contributed by atoms with Crippen LogP contribution in [-0.4, -0.2) is 11.9 Å². The molecule has 0 aromatic rings. The van der Waals surface area contributed by atoms with E-state index >= 15 is 0 Å². The standard InChI is InChI=1S/C7H11NO/c1-5-3-4-6(2)8-7(5)9/h3-6H,1-2H3,(H,8,9)/t5-,6+/m0/s1. The molecule has 2 atom stereocenters. The minimum absolute atomic E-state index is 0.0567. The van der Waals surface area contributed by atoms with Gasteiger partial charge in [0.15, 0.2) is 0 Å². The zero-order chi connectivity index (χ0) is 6.85. The predicted molar refractivity (Wildman–Crippen MR) is 35.9 cm³/mol. The van der Waals surface area contributed by atoms with E-state index in [1.165, 1.54) is 0 Å². The minimum Gasteiger partial charge on any atom is -0.350 e. The molecule has 1 aliphatic rings. The monoisotopic (exact) mass is 125 g/mol. The summed E-state index contributed by atoms with van der Waals surface area (Å²) in [6, 6.07) is 0.216. The summed E-state index contributed by atoms with van der Waals surface area (Å²) in [6.07, 6.45) is 3.94. The lowest BCUT2D eigenvalue weighted by Gasteiger charge is -2.17. The maximum atomic E-state index is 10.8. The first-order valence-corrected chi connectivity index (χ1v) is 3.19. The third-order valence-corrected chi connectivity index (χ3v) is 1.47. The zero-order valence-corrected chi connectivity index (χ0v) is 5.72. The molecule has 1 aliphatic heterocycles. The van der Waals surface area contributed by atoms with Gasteiger partial charge in [0.25, 0.3) is 0 Å². The van der Waals surface area contributed by atoms with Crippen molar-refractivity contribution in [2.75, 3.05) is 0 Å². The van der Waals surface area contributed by atoms with Crippen LogP contribution in [0.3, 0.4) is 0 Å². The largest absolute Gasteiger partial charge is 0.350 e. The lowest BCUT2D eigenvalue weighted by atomic mass is 10.1. The van der Waals surface area contributed by atoms with Gasteiger partial charge in [0, 0.05) is 6.04 Å². The van der Waals surface area contributed by atoms with Crippen molar-refractivity contribution in [3.8, 4) is 0 Å². The van der Waals surface area contributed by atoms with E-state index in [2.05, 4.69) is 5.32 Å². The lowest BCUT2D eigenvalue weighted by molar-refractivity contribution is -0.123. The molecule has 0 aliphatic carbocycles. The summed E-state index contributed by atoms with van der Waals surface area (Å²) in [7, 11) is 0. The average molecular weight is 125 g/mol. The normalized spacial score (nSPS) is 34.2. The summed E-state index contributed by atoms with van der Waals surface area (Å²) in [6.45, 7) is 3.85. The number of carbonyl (C=O) groups is 1. The van der Waals surface area contributed by atoms with Crippen molar-refractivity contribution >= 4 is 5.91 Å². The van der Waals surface area contributed by atoms with Gasteiger partial charge in [-0.15, -0.1) is 0 Å². The van der Waals surface area contributed by atoms with Crippen LogP contribution in [0, 0.1) is 5.92 Å². The lowest BCUT2D eigenvalue weighted by Crippen LogP contribution is -2.37. The Morgan fingerprint density at radius 1 is 1.44 bits per heavy atom. The fraction of sp³-hybridized carbons (Fsp3) is 0.571. The quantitative estimate of drug-likeness (QED) is 0.474. The maximum absolute atomic E-state index is 10.8. The van der Waals surface area contributed by atoms with Crippen LogP contribution in [0.2, 0.25) is 0 Å². The first kappa shape index (κ1) is 6.33. The average Bonchev–Trinajstić information content (AvgIpc) is 1.80. The molecule has 1 N–H and O–H groups in total. The first-order chi connectivity index (χ1) is 4.20. The van der Waals surface area contributed by atoms with Gasteiger partial charge >= 0.3 is 0 Å². The van der Waals surface area contributed by atoms with Gasteiger partial charge in [-0.05, 0) is 6.92 Å². The molecule has 0 unspecified atom stereocenters. The van der Waals surface area contributed by atoms with Crippen molar-refractivity contribution in [2.45, 2.75) is 19.9 Å². The van der Waals surface area contributed by atoms with E-state index in [1.807, 2.05) is 26.0 Å². The fourth-order valence-corrected chi connectivity index (χ4v) is 0.825.